The molecule has 1 N–H and O–H groups in total. The van der Waals surface area contributed by atoms with Gasteiger partial charge in [-0.2, -0.15) is 0 Å². The van der Waals surface area contributed by atoms with Gasteiger partial charge in [0, 0.05) is 24.5 Å². The normalized spacial score (nSPS) is 17.6. The van der Waals surface area contributed by atoms with Crippen LogP contribution in [0.3, 0.4) is 0 Å². The molecule has 0 aliphatic carbocycles. The van der Waals surface area contributed by atoms with Gasteiger partial charge in [0.25, 0.3) is 11.7 Å². The number of ketones is 1. The maximum atomic E-state index is 13.1. The summed E-state index contributed by atoms with van der Waals surface area (Å²) in [6.45, 7) is 4.59. The molecule has 1 amide bonds. The van der Waals surface area contributed by atoms with Crippen LogP contribution in [-0.2, 0) is 16.1 Å². The molecule has 4 rings (SSSR count). The molecule has 1 saturated heterocycles. The van der Waals surface area contributed by atoms with Gasteiger partial charge in [-0.05, 0) is 61.4 Å². The molecule has 162 valence electrons. The van der Waals surface area contributed by atoms with Crippen LogP contribution < -0.4 is 4.74 Å². The summed E-state index contributed by atoms with van der Waals surface area (Å²) < 4.78 is 5.46. The van der Waals surface area contributed by atoms with Gasteiger partial charge in [-0.25, -0.2) is 0 Å². The second kappa shape index (κ2) is 9.06. The first-order chi connectivity index (χ1) is 15.5. The number of ether oxygens (including phenoxy) is 1. The van der Waals surface area contributed by atoms with Crippen molar-refractivity contribution < 1.29 is 19.4 Å². The molecule has 1 atom stereocenters. The number of aromatic nitrogens is 1. The van der Waals surface area contributed by atoms with Gasteiger partial charge in [-0.3, -0.25) is 14.6 Å². The molecule has 0 saturated carbocycles. The third kappa shape index (κ3) is 4.12. The van der Waals surface area contributed by atoms with Gasteiger partial charge in [0.15, 0.2) is 0 Å². The van der Waals surface area contributed by atoms with E-state index in [1.165, 1.54) is 4.90 Å². The lowest BCUT2D eigenvalue weighted by Crippen LogP contribution is -2.29. The molecule has 1 unspecified atom stereocenters. The molecule has 32 heavy (non-hydrogen) atoms. The van der Waals surface area contributed by atoms with Crippen molar-refractivity contribution in [3.63, 3.8) is 0 Å². The van der Waals surface area contributed by atoms with Crippen molar-refractivity contribution in [1.29, 1.82) is 0 Å². The SMILES string of the molecule is CCOc1ccc(/C(O)=C2/C(=O)C(=O)N(Cc3ccncc3)C2c2cccc(C)c2)cc1. The van der Waals surface area contributed by atoms with Crippen LogP contribution in [0.4, 0.5) is 0 Å². The van der Waals surface area contributed by atoms with Gasteiger partial charge >= 0.3 is 0 Å². The minimum Gasteiger partial charge on any atom is -0.507 e. The molecule has 6 nitrogen and oxygen atoms in total. The van der Waals surface area contributed by atoms with Gasteiger partial charge in [0.05, 0.1) is 18.2 Å². The zero-order chi connectivity index (χ0) is 22.7. The fourth-order valence-corrected chi connectivity index (χ4v) is 3.95. The smallest absolute Gasteiger partial charge is 0.295 e. The summed E-state index contributed by atoms with van der Waals surface area (Å²) in [4.78, 5) is 31.7. The highest BCUT2D eigenvalue weighted by Gasteiger charge is 2.46. The number of benzene rings is 2. The number of nitrogens with zero attached hydrogens (tertiary/aromatic N) is 2. The molecule has 0 spiro atoms. The predicted molar refractivity (Wildman–Crippen MR) is 121 cm³/mol. The van der Waals surface area contributed by atoms with Crippen LogP contribution >= 0.6 is 0 Å². The molecule has 2 aromatic carbocycles. The van der Waals surface area contributed by atoms with E-state index >= 15 is 0 Å². The number of pyridine rings is 1. The molecule has 1 aliphatic heterocycles. The monoisotopic (exact) mass is 428 g/mol. The van der Waals surface area contributed by atoms with Crippen LogP contribution in [0.15, 0.2) is 78.6 Å². The number of hydrogen-bond donors (Lipinski definition) is 1. The fourth-order valence-electron chi connectivity index (χ4n) is 3.95. The quantitative estimate of drug-likeness (QED) is 0.357. The molecular formula is C26H24N2O4. The highest BCUT2D eigenvalue weighted by Crippen LogP contribution is 2.40. The Morgan fingerprint density at radius 3 is 2.44 bits per heavy atom. The summed E-state index contributed by atoms with van der Waals surface area (Å²) in [7, 11) is 0. The average molecular weight is 428 g/mol. The Morgan fingerprint density at radius 1 is 1.06 bits per heavy atom. The third-order valence-corrected chi connectivity index (χ3v) is 5.44. The van der Waals surface area contributed by atoms with Gasteiger partial charge in [-0.15, -0.1) is 0 Å². The molecule has 1 fully saturated rings. The molecule has 0 bridgehead atoms. The molecule has 2 heterocycles. The van der Waals surface area contributed by atoms with Crippen molar-refractivity contribution in [2.24, 2.45) is 0 Å². The number of aliphatic hydroxyl groups is 1. The maximum Gasteiger partial charge on any atom is 0.295 e. The third-order valence-electron chi connectivity index (χ3n) is 5.44. The average Bonchev–Trinajstić information content (AvgIpc) is 3.05. The topological polar surface area (TPSA) is 79.7 Å². The summed E-state index contributed by atoms with van der Waals surface area (Å²) in [6.07, 6.45) is 3.29. The van der Waals surface area contributed by atoms with Crippen molar-refractivity contribution in [1.82, 2.24) is 9.88 Å². The highest BCUT2D eigenvalue weighted by molar-refractivity contribution is 6.46. The van der Waals surface area contributed by atoms with Crippen molar-refractivity contribution in [2.45, 2.75) is 26.4 Å². The number of rotatable bonds is 6. The number of aryl methyl sites for hydroxylation is 1. The van der Waals surface area contributed by atoms with E-state index in [1.54, 1.807) is 48.8 Å². The first-order valence-corrected chi connectivity index (χ1v) is 10.5. The fraction of sp³-hybridized carbons (Fsp3) is 0.192. The number of hydrogen-bond acceptors (Lipinski definition) is 5. The lowest BCUT2D eigenvalue weighted by atomic mass is 9.94. The van der Waals surface area contributed by atoms with Gasteiger partial charge < -0.3 is 14.7 Å². The van der Waals surface area contributed by atoms with Crippen molar-refractivity contribution in [3.8, 4) is 5.75 Å². The zero-order valence-corrected chi connectivity index (χ0v) is 18.0. The number of carbonyl (C=O) groups excluding carboxylic acids is 2. The summed E-state index contributed by atoms with van der Waals surface area (Å²) >= 11 is 0. The van der Waals surface area contributed by atoms with E-state index < -0.39 is 17.7 Å². The molecular weight excluding hydrogens is 404 g/mol. The highest BCUT2D eigenvalue weighted by atomic mass is 16.5. The Bertz CT molecular complexity index is 1170. The number of Topliss-reactive ketones (excluding diaryl/α,β-unsaturated/α-hetero) is 1. The first-order valence-electron chi connectivity index (χ1n) is 10.5. The zero-order valence-electron chi connectivity index (χ0n) is 18.0. The maximum absolute atomic E-state index is 13.1. The number of aliphatic hydroxyl groups excluding tert-OH is 1. The van der Waals surface area contributed by atoms with Crippen molar-refractivity contribution in [3.05, 3.63) is 101 Å². The van der Waals surface area contributed by atoms with E-state index in [-0.39, 0.29) is 17.9 Å². The minimum atomic E-state index is -0.699. The predicted octanol–water partition coefficient (Wildman–Crippen LogP) is 4.41. The Labute approximate surface area is 186 Å². The Balaban J connectivity index is 1.82. The second-order valence-corrected chi connectivity index (χ2v) is 7.65. The van der Waals surface area contributed by atoms with Crippen LogP contribution in [0.1, 0.15) is 35.2 Å². The van der Waals surface area contributed by atoms with Crippen molar-refractivity contribution >= 4 is 17.4 Å². The Morgan fingerprint density at radius 2 is 1.78 bits per heavy atom. The number of carbonyl (C=O) groups is 2. The standard InChI is InChI=1S/C26H24N2O4/c1-3-32-21-9-7-19(8-10-21)24(29)22-23(20-6-4-5-17(2)15-20)28(26(31)25(22)30)16-18-11-13-27-14-12-18/h4-15,23,29H,3,16H2,1-2H3/b24-22-. The summed E-state index contributed by atoms with van der Waals surface area (Å²) in [6, 6.07) is 17.4. The van der Waals surface area contributed by atoms with Crippen LogP contribution in [0.5, 0.6) is 5.75 Å². The Hall–Kier alpha value is -3.93. The van der Waals surface area contributed by atoms with Crippen LogP contribution in [-0.4, -0.2) is 33.3 Å². The van der Waals surface area contributed by atoms with E-state index in [2.05, 4.69) is 4.98 Å². The molecule has 0 radical (unpaired) electrons. The van der Waals surface area contributed by atoms with Crippen molar-refractivity contribution in [2.75, 3.05) is 6.61 Å². The van der Waals surface area contributed by atoms with E-state index in [1.807, 2.05) is 38.1 Å². The van der Waals surface area contributed by atoms with Gasteiger partial charge in [0.1, 0.15) is 11.5 Å². The van der Waals surface area contributed by atoms with Crippen LogP contribution in [0, 0.1) is 6.92 Å². The van der Waals surface area contributed by atoms with Gasteiger partial charge in [-0.1, -0.05) is 29.8 Å². The molecule has 1 aromatic heterocycles. The van der Waals surface area contributed by atoms with E-state index in [0.717, 1.165) is 16.7 Å². The number of likely N-dealkylation sites (tertiary alicyclic amines) is 1. The Kier molecular flexibility index (Phi) is 6.03. The summed E-state index contributed by atoms with van der Waals surface area (Å²) in [5, 5.41) is 11.1. The lowest BCUT2D eigenvalue weighted by molar-refractivity contribution is -0.140. The van der Waals surface area contributed by atoms with Crippen LogP contribution in [0.2, 0.25) is 0 Å². The molecule has 3 aromatic rings. The largest absolute Gasteiger partial charge is 0.507 e. The number of amides is 1. The lowest BCUT2D eigenvalue weighted by Gasteiger charge is -2.25. The van der Waals surface area contributed by atoms with Gasteiger partial charge in [0.2, 0.25) is 0 Å². The van der Waals surface area contributed by atoms with E-state index in [0.29, 0.717) is 17.9 Å². The van der Waals surface area contributed by atoms with E-state index in [4.69, 9.17) is 4.74 Å². The second-order valence-electron chi connectivity index (χ2n) is 7.65. The summed E-state index contributed by atoms with van der Waals surface area (Å²) in [5.41, 5.74) is 3.15. The van der Waals surface area contributed by atoms with E-state index in [9.17, 15) is 14.7 Å². The summed E-state index contributed by atoms with van der Waals surface area (Å²) in [5.74, 6) is -0.870. The minimum absolute atomic E-state index is 0.0822. The molecule has 6 heteroatoms. The van der Waals surface area contributed by atoms with Crippen LogP contribution in [0.25, 0.3) is 5.76 Å². The first kappa shape index (κ1) is 21.3. The molecule has 1 aliphatic rings.